The van der Waals surface area contributed by atoms with Crippen molar-refractivity contribution in [2.24, 2.45) is 0 Å². The summed E-state index contributed by atoms with van der Waals surface area (Å²) in [6, 6.07) is 5.30. The molecule has 1 aromatic carbocycles. The Labute approximate surface area is 99.3 Å². The van der Waals surface area contributed by atoms with Crippen LogP contribution in [0.1, 0.15) is 36.6 Å². The predicted molar refractivity (Wildman–Crippen MR) is 62.7 cm³/mol. The maximum absolute atomic E-state index is 9.46. The molecule has 0 bridgehead atoms. The van der Waals surface area contributed by atoms with Crippen LogP contribution in [0.25, 0.3) is 11.5 Å². The minimum absolute atomic E-state index is 0.285. The van der Waals surface area contributed by atoms with E-state index in [0.717, 1.165) is 29.8 Å². The Balaban J connectivity index is 1.92. The van der Waals surface area contributed by atoms with Crippen LogP contribution in [0.5, 0.6) is 5.75 Å². The summed E-state index contributed by atoms with van der Waals surface area (Å²) in [5, 5.41) is 13.5. The minimum atomic E-state index is 0.285. The van der Waals surface area contributed by atoms with Gasteiger partial charge in [0, 0.05) is 11.5 Å². The highest BCUT2D eigenvalue weighted by Crippen LogP contribution is 2.35. The second-order valence-electron chi connectivity index (χ2n) is 4.59. The Morgan fingerprint density at radius 1 is 1.35 bits per heavy atom. The van der Waals surface area contributed by atoms with Crippen molar-refractivity contribution < 1.29 is 9.63 Å². The highest BCUT2D eigenvalue weighted by Gasteiger charge is 2.24. The molecular formula is C13H14N2O2. The lowest BCUT2D eigenvalue weighted by molar-refractivity contribution is 0.366. The Bertz CT molecular complexity index is 544. The van der Waals surface area contributed by atoms with Gasteiger partial charge in [-0.15, -0.1) is 0 Å². The topological polar surface area (TPSA) is 59.2 Å². The minimum Gasteiger partial charge on any atom is -0.508 e. The number of phenols is 1. The first-order valence-corrected chi connectivity index (χ1v) is 5.87. The van der Waals surface area contributed by atoms with Crippen molar-refractivity contribution in [3.05, 3.63) is 29.6 Å². The second-order valence-corrected chi connectivity index (χ2v) is 4.59. The molecule has 1 aliphatic carbocycles. The molecule has 1 N–H and O–H groups in total. The fourth-order valence-corrected chi connectivity index (χ4v) is 1.97. The Kier molecular flexibility index (Phi) is 2.35. The van der Waals surface area contributed by atoms with Gasteiger partial charge < -0.3 is 9.63 Å². The van der Waals surface area contributed by atoms with E-state index in [-0.39, 0.29) is 5.75 Å². The molecule has 1 aliphatic rings. The van der Waals surface area contributed by atoms with E-state index in [1.54, 1.807) is 12.1 Å². The van der Waals surface area contributed by atoms with Crippen molar-refractivity contribution in [2.75, 3.05) is 0 Å². The number of phenolic OH excluding ortho intramolecular Hbond substituents is 1. The molecule has 0 unspecified atom stereocenters. The van der Waals surface area contributed by atoms with Crippen molar-refractivity contribution in [1.29, 1.82) is 0 Å². The van der Waals surface area contributed by atoms with Crippen LogP contribution < -0.4 is 0 Å². The highest BCUT2D eigenvalue weighted by atomic mass is 16.5. The lowest BCUT2D eigenvalue weighted by Crippen LogP contribution is -2.10. The van der Waals surface area contributed by atoms with Gasteiger partial charge in [0.15, 0.2) is 5.82 Å². The Hall–Kier alpha value is -1.84. The quantitative estimate of drug-likeness (QED) is 0.861. The zero-order chi connectivity index (χ0) is 11.8. The van der Waals surface area contributed by atoms with Crippen molar-refractivity contribution in [3.63, 3.8) is 0 Å². The molecule has 0 spiro atoms. The van der Waals surface area contributed by atoms with Crippen molar-refractivity contribution in [2.45, 2.75) is 32.1 Å². The zero-order valence-corrected chi connectivity index (χ0v) is 9.68. The smallest absolute Gasteiger partial charge is 0.257 e. The molecule has 17 heavy (non-hydrogen) atoms. The van der Waals surface area contributed by atoms with Gasteiger partial charge in [0.05, 0.1) is 0 Å². The largest absolute Gasteiger partial charge is 0.508 e. The average molecular weight is 230 g/mol. The molecular weight excluding hydrogens is 216 g/mol. The SMILES string of the molecule is Cc1cc(-c2nc(C3CCC3)no2)ccc1O. The lowest BCUT2D eigenvalue weighted by atomic mass is 9.85. The van der Waals surface area contributed by atoms with E-state index in [1.165, 1.54) is 6.42 Å². The first-order valence-electron chi connectivity index (χ1n) is 5.87. The molecule has 4 heteroatoms. The maximum atomic E-state index is 9.46. The second kappa shape index (κ2) is 3.87. The average Bonchev–Trinajstić information content (AvgIpc) is 2.69. The number of aryl methyl sites for hydroxylation is 1. The van der Waals surface area contributed by atoms with Gasteiger partial charge in [0.25, 0.3) is 5.89 Å². The zero-order valence-electron chi connectivity index (χ0n) is 9.68. The molecule has 1 heterocycles. The lowest BCUT2D eigenvalue weighted by Gasteiger charge is -2.20. The summed E-state index contributed by atoms with van der Waals surface area (Å²) >= 11 is 0. The number of rotatable bonds is 2. The molecule has 2 aromatic rings. The number of nitrogens with zero attached hydrogens (tertiary/aromatic N) is 2. The van der Waals surface area contributed by atoms with Crippen LogP contribution in [0.4, 0.5) is 0 Å². The van der Waals surface area contributed by atoms with Gasteiger partial charge in [-0.1, -0.05) is 11.6 Å². The van der Waals surface area contributed by atoms with Crippen LogP contribution in [0, 0.1) is 6.92 Å². The number of aromatic hydroxyl groups is 1. The summed E-state index contributed by atoms with van der Waals surface area (Å²) in [5.41, 5.74) is 1.67. The molecule has 0 atom stereocenters. The van der Waals surface area contributed by atoms with Crippen LogP contribution in [-0.2, 0) is 0 Å². The van der Waals surface area contributed by atoms with E-state index in [2.05, 4.69) is 10.1 Å². The molecule has 0 saturated heterocycles. The summed E-state index contributed by atoms with van der Waals surface area (Å²) in [5.74, 6) is 2.12. The fourth-order valence-electron chi connectivity index (χ4n) is 1.97. The number of benzene rings is 1. The summed E-state index contributed by atoms with van der Waals surface area (Å²) in [7, 11) is 0. The van der Waals surface area contributed by atoms with Crippen LogP contribution >= 0.6 is 0 Å². The van der Waals surface area contributed by atoms with Gasteiger partial charge in [-0.05, 0) is 43.5 Å². The first kappa shape index (κ1) is 10.3. The number of hydrogen-bond donors (Lipinski definition) is 1. The predicted octanol–water partition coefficient (Wildman–Crippen LogP) is 3.02. The van der Waals surface area contributed by atoms with Crippen LogP contribution in [-0.4, -0.2) is 15.2 Å². The molecule has 1 aromatic heterocycles. The van der Waals surface area contributed by atoms with Crippen molar-refractivity contribution >= 4 is 0 Å². The number of aromatic nitrogens is 2. The monoisotopic (exact) mass is 230 g/mol. The summed E-state index contributed by atoms with van der Waals surface area (Å²) < 4.78 is 5.26. The van der Waals surface area contributed by atoms with E-state index >= 15 is 0 Å². The van der Waals surface area contributed by atoms with Crippen molar-refractivity contribution in [1.82, 2.24) is 10.1 Å². The van der Waals surface area contributed by atoms with Gasteiger partial charge in [-0.2, -0.15) is 4.98 Å². The molecule has 0 amide bonds. The molecule has 3 rings (SSSR count). The molecule has 0 aliphatic heterocycles. The standard InChI is InChI=1S/C13H14N2O2/c1-8-7-10(5-6-11(8)16)13-14-12(15-17-13)9-3-2-4-9/h5-7,9,16H,2-4H2,1H3. The molecule has 1 fully saturated rings. The first-order chi connectivity index (χ1) is 8.24. The van der Waals surface area contributed by atoms with Crippen LogP contribution in [0.3, 0.4) is 0 Å². The van der Waals surface area contributed by atoms with E-state index in [4.69, 9.17) is 4.52 Å². The van der Waals surface area contributed by atoms with Gasteiger partial charge in [0.1, 0.15) is 5.75 Å². The summed E-state index contributed by atoms with van der Waals surface area (Å²) in [4.78, 5) is 4.41. The van der Waals surface area contributed by atoms with E-state index in [1.807, 2.05) is 13.0 Å². The van der Waals surface area contributed by atoms with Crippen molar-refractivity contribution in [3.8, 4) is 17.2 Å². The fraction of sp³-hybridized carbons (Fsp3) is 0.385. The van der Waals surface area contributed by atoms with Crippen LogP contribution in [0.15, 0.2) is 22.7 Å². The summed E-state index contributed by atoms with van der Waals surface area (Å²) in [6.45, 7) is 1.85. The highest BCUT2D eigenvalue weighted by molar-refractivity contribution is 5.56. The van der Waals surface area contributed by atoms with E-state index in [0.29, 0.717) is 11.8 Å². The third-order valence-corrected chi connectivity index (χ3v) is 3.36. The van der Waals surface area contributed by atoms with Gasteiger partial charge >= 0.3 is 0 Å². The molecule has 88 valence electrons. The van der Waals surface area contributed by atoms with E-state index in [9.17, 15) is 5.11 Å². The maximum Gasteiger partial charge on any atom is 0.257 e. The number of hydrogen-bond acceptors (Lipinski definition) is 4. The molecule has 0 radical (unpaired) electrons. The van der Waals surface area contributed by atoms with Gasteiger partial charge in [-0.3, -0.25) is 0 Å². The van der Waals surface area contributed by atoms with Gasteiger partial charge in [0.2, 0.25) is 0 Å². The third kappa shape index (κ3) is 1.79. The third-order valence-electron chi connectivity index (χ3n) is 3.36. The Morgan fingerprint density at radius 2 is 2.18 bits per heavy atom. The normalized spacial score (nSPS) is 15.8. The molecule has 4 nitrogen and oxygen atoms in total. The van der Waals surface area contributed by atoms with Crippen LogP contribution in [0.2, 0.25) is 0 Å². The van der Waals surface area contributed by atoms with E-state index < -0.39 is 0 Å². The Morgan fingerprint density at radius 3 is 2.82 bits per heavy atom. The summed E-state index contributed by atoms with van der Waals surface area (Å²) in [6.07, 6.45) is 3.58. The molecule has 1 saturated carbocycles. The van der Waals surface area contributed by atoms with Gasteiger partial charge in [-0.25, -0.2) is 0 Å².